The Labute approximate surface area is 162 Å². The van der Waals surface area contributed by atoms with Gasteiger partial charge in [0.25, 0.3) is 0 Å². The minimum Gasteiger partial charge on any atom is -0.334 e. The molecule has 132 valence electrons. The molecule has 0 bridgehead atoms. The van der Waals surface area contributed by atoms with Crippen molar-refractivity contribution in [2.75, 3.05) is 5.32 Å². The molecule has 3 aromatic rings. The molecular formula is C22H21BrN2O. The fourth-order valence-corrected chi connectivity index (χ4v) is 3.26. The second-order valence-corrected chi connectivity index (χ2v) is 7.01. The monoisotopic (exact) mass is 408 g/mol. The van der Waals surface area contributed by atoms with Gasteiger partial charge < -0.3 is 10.6 Å². The molecule has 3 aromatic carbocycles. The Morgan fingerprint density at radius 1 is 0.769 bits per heavy atom. The first-order chi connectivity index (χ1) is 12.7. The predicted molar refractivity (Wildman–Crippen MR) is 110 cm³/mol. The molecule has 2 amide bonds. The molecule has 0 fully saturated rings. The lowest BCUT2D eigenvalue weighted by atomic mass is 9.99. The summed E-state index contributed by atoms with van der Waals surface area (Å²) in [5.41, 5.74) is 3.16. The Hall–Kier alpha value is -2.59. The molecule has 2 N–H and O–H groups in total. The number of nitrogens with one attached hydrogen (secondary N) is 2. The summed E-state index contributed by atoms with van der Waals surface area (Å²) < 4.78 is 0.859. The molecule has 3 nitrogen and oxygen atoms in total. The summed E-state index contributed by atoms with van der Waals surface area (Å²) in [6.07, 6.45) is 1.55. The van der Waals surface area contributed by atoms with Crippen LogP contribution in [0, 0.1) is 0 Å². The number of carbonyl (C=O) groups excluding carboxylic acids is 1. The smallest absolute Gasteiger partial charge is 0.319 e. The average Bonchev–Trinajstić information content (AvgIpc) is 2.65. The molecular weight excluding hydrogens is 388 g/mol. The Morgan fingerprint density at radius 2 is 1.27 bits per heavy atom. The zero-order valence-corrected chi connectivity index (χ0v) is 15.9. The maximum absolute atomic E-state index is 12.5. The van der Waals surface area contributed by atoms with Crippen molar-refractivity contribution in [2.24, 2.45) is 0 Å². The lowest BCUT2D eigenvalue weighted by Gasteiger charge is -2.20. The van der Waals surface area contributed by atoms with Gasteiger partial charge in [0, 0.05) is 10.5 Å². The highest BCUT2D eigenvalue weighted by Gasteiger charge is 2.14. The van der Waals surface area contributed by atoms with E-state index in [4.69, 9.17) is 0 Å². The van der Waals surface area contributed by atoms with E-state index in [1.807, 2.05) is 60.7 Å². The minimum atomic E-state index is -0.200. The van der Waals surface area contributed by atoms with Crippen molar-refractivity contribution in [2.45, 2.75) is 18.9 Å². The molecule has 0 heterocycles. The van der Waals surface area contributed by atoms with Crippen molar-refractivity contribution < 1.29 is 4.79 Å². The van der Waals surface area contributed by atoms with E-state index >= 15 is 0 Å². The van der Waals surface area contributed by atoms with E-state index in [0.717, 1.165) is 23.0 Å². The molecule has 0 aliphatic rings. The van der Waals surface area contributed by atoms with Crippen LogP contribution < -0.4 is 10.6 Å². The molecule has 3 rings (SSSR count). The minimum absolute atomic E-state index is 0.00212. The molecule has 0 spiro atoms. The van der Waals surface area contributed by atoms with Crippen molar-refractivity contribution in [3.8, 4) is 0 Å². The Balaban J connectivity index is 1.70. The fraction of sp³-hybridized carbons (Fsp3) is 0.136. The van der Waals surface area contributed by atoms with Gasteiger partial charge in [-0.3, -0.25) is 0 Å². The molecule has 26 heavy (non-hydrogen) atoms. The number of carbonyl (C=O) groups is 1. The highest BCUT2D eigenvalue weighted by Crippen LogP contribution is 2.21. The molecule has 0 radical (unpaired) electrons. The first-order valence-corrected chi connectivity index (χ1v) is 9.40. The average molecular weight is 409 g/mol. The third kappa shape index (κ3) is 5.46. The number of anilines is 1. The van der Waals surface area contributed by atoms with Crippen molar-refractivity contribution in [1.82, 2.24) is 5.32 Å². The number of amides is 2. The highest BCUT2D eigenvalue weighted by molar-refractivity contribution is 9.10. The van der Waals surface area contributed by atoms with Crippen molar-refractivity contribution in [1.29, 1.82) is 0 Å². The van der Waals surface area contributed by atoms with Crippen LogP contribution in [0.1, 0.15) is 11.1 Å². The topological polar surface area (TPSA) is 41.1 Å². The van der Waals surface area contributed by atoms with Crippen LogP contribution in [-0.2, 0) is 12.8 Å². The number of benzene rings is 3. The van der Waals surface area contributed by atoms with Gasteiger partial charge in [-0.25, -0.2) is 4.79 Å². The predicted octanol–water partition coefficient (Wildman–Crippen LogP) is 5.42. The molecule has 0 aliphatic heterocycles. The summed E-state index contributed by atoms with van der Waals surface area (Å²) in [5.74, 6) is 0. The van der Waals surface area contributed by atoms with E-state index in [2.05, 4.69) is 50.8 Å². The van der Waals surface area contributed by atoms with Crippen LogP contribution in [-0.4, -0.2) is 12.1 Å². The first-order valence-electron chi connectivity index (χ1n) is 8.60. The van der Waals surface area contributed by atoms with Crippen LogP contribution in [0.3, 0.4) is 0 Å². The fourth-order valence-electron chi connectivity index (χ4n) is 2.88. The number of urea groups is 1. The highest BCUT2D eigenvalue weighted by atomic mass is 79.9. The molecule has 0 saturated carbocycles. The maximum Gasteiger partial charge on any atom is 0.319 e. The Kier molecular flexibility index (Phi) is 6.45. The van der Waals surface area contributed by atoms with Crippen molar-refractivity contribution in [3.05, 3.63) is 101 Å². The van der Waals surface area contributed by atoms with Gasteiger partial charge in [0.05, 0.1) is 5.69 Å². The van der Waals surface area contributed by atoms with Crippen molar-refractivity contribution >= 4 is 27.6 Å². The quantitative estimate of drug-likeness (QED) is 0.561. The second kappa shape index (κ2) is 9.20. The summed E-state index contributed by atoms with van der Waals surface area (Å²) in [4.78, 5) is 12.5. The largest absolute Gasteiger partial charge is 0.334 e. The summed E-state index contributed by atoms with van der Waals surface area (Å²) in [6, 6.07) is 27.8. The summed E-state index contributed by atoms with van der Waals surface area (Å²) >= 11 is 3.46. The zero-order valence-electron chi connectivity index (χ0n) is 14.4. The van der Waals surface area contributed by atoms with Gasteiger partial charge >= 0.3 is 6.03 Å². The van der Waals surface area contributed by atoms with E-state index in [1.54, 1.807) is 0 Å². The van der Waals surface area contributed by atoms with E-state index in [0.29, 0.717) is 0 Å². The van der Waals surface area contributed by atoms with Crippen LogP contribution in [0.4, 0.5) is 10.5 Å². The maximum atomic E-state index is 12.5. The number of rotatable bonds is 6. The van der Waals surface area contributed by atoms with Gasteiger partial charge in [0.1, 0.15) is 0 Å². The van der Waals surface area contributed by atoms with E-state index in [9.17, 15) is 4.79 Å². The zero-order chi connectivity index (χ0) is 18.2. The van der Waals surface area contributed by atoms with Crippen LogP contribution in [0.2, 0.25) is 0 Å². The van der Waals surface area contributed by atoms with Gasteiger partial charge in [-0.1, -0.05) is 72.8 Å². The summed E-state index contributed by atoms with van der Waals surface area (Å²) in [7, 11) is 0. The summed E-state index contributed by atoms with van der Waals surface area (Å²) in [5, 5.41) is 6.03. The third-order valence-corrected chi connectivity index (χ3v) is 4.80. The molecule has 0 unspecified atom stereocenters. The lowest BCUT2D eigenvalue weighted by molar-refractivity contribution is 0.248. The molecule has 0 aromatic heterocycles. The van der Waals surface area contributed by atoms with E-state index in [1.165, 1.54) is 11.1 Å². The van der Waals surface area contributed by atoms with Gasteiger partial charge in [0.2, 0.25) is 0 Å². The number of hydrogen-bond donors (Lipinski definition) is 2. The standard InChI is InChI=1S/C22H21BrN2O/c23-20-13-7-8-14-21(20)25-22(26)24-19(15-17-9-3-1-4-10-17)16-18-11-5-2-6-12-18/h1-14,19H,15-16H2,(H2,24,25,26). The van der Waals surface area contributed by atoms with Crippen LogP contribution >= 0.6 is 15.9 Å². The SMILES string of the molecule is O=C(Nc1ccccc1Br)NC(Cc1ccccc1)Cc1ccccc1. The van der Waals surface area contributed by atoms with Gasteiger partial charge in [-0.05, 0) is 52.0 Å². The Morgan fingerprint density at radius 3 is 1.81 bits per heavy atom. The van der Waals surface area contributed by atoms with Gasteiger partial charge in [-0.15, -0.1) is 0 Å². The lowest BCUT2D eigenvalue weighted by Crippen LogP contribution is -2.40. The number of hydrogen-bond acceptors (Lipinski definition) is 1. The normalized spacial score (nSPS) is 10.5. The van der Waals surface area contributed by atoms with Crippen LogP contribution in [0.5, 0.6) is 0 Å². The van der Waals surface area contributed by atoms with Crippen molar-refractivity contribution in [3.63, 3.8) is 0 Å². The van der Waals surface area contributed by atoms with Crippen LogP contribution in [0.25, 0.3) is 0 Å². The van der Waals surface area contributed by atoms with Gasteiger partial charge in [-0.2, -0.15) is 0 Å². The van der Waals surface area contributed by atoms with Crippen LogP contribution in [0.15, 0.2) is 89.4 Å². The molecule has 0 atom stereocenters. The van der Waals surface area contributed by atoms with Gasteiger partial charge in [0.15, 0.2) is 0 Å². The second-order valence-electron chi connectivity index (χ2n) is 6.15. The molecule has 0 saturated heterocycles. The Bertz CT molecular complexity index is 796. The first kappa shape index (κ1) is 18.2. The van der Waals surface area contributed by atoms with E-state index in [-0.39, 0.29) is 12.1 Å². The number of halogens is 1. The molecule has 0 aliphatic carbocycles. The molecule has 4 heteroatoms. The summed E-state index contributed by atoms with van der Waals surface area (Å²) in [6.45, 7) is 0. The third-order valence-electron chi connectivity index (χ3n) is 4.11. The number of para-hydroxylation sites is 1. The van der Waals surface area contributed by atoms with E-state index < -0.39 is 0 Å².